The van der Waals surface area contributed by atoms with Crippen molar-refractivity contribution in [3.63, 3.8) is 0 Å². The fourth-order valence-electron chi connectivity index (χ4n) is 1.43. The molecule has 0 atom stereocenters. The molecular formula is C12H11N3O4. The Bertz CT molecular complexity index is 621. The van der Waals surface area contributed by atoms with E-state index in [9.17, 15) is 9.59 Å². The first-order chi connectivity index (χ1) is 9.06. The Morgan fingerprint density at radius 1 is 1.47 bits per heavy atom. The summed E-state index contributed by atoms with van der Waals surface area (Å²) in [5.74, 6) is -1.08. The summed E-state index contributed by atoms with van der Waals surface area (Å²) in [4.78, 5) is 30.4. The number of furan rings is 1. The minimum absolute atomic E-state index is 0.0526. The first-order valence-corrected chi connectivity index (χ1v) is 5.45. The van der Waals surface area contributed by atoms with Crippen molar-refractivity contribution in [3.05, 3.63) is 47.4 Å². The van der Waals surface area contributed by atoms with Gasteiger partial charge in [0.25, 0.3) is 5.91 Å². The number of amides is 1. The molecule has 7 nitrogen and oxygen atoms in total. The predicted octanol–water partition coefficient (Wildman–Crippen LogP) is 1.01. The van der Waals surface area contributed by atoms with Gasteiger partial charge >= 0.3 is 5.97 Å². The number of nitrogens with one attached hydrogen (secondary N) is 1. The van der Waals surface area contributed by atoms with E-state index < -0.39 is 11.9 Å². The Labute approximate surface area is 108 Å². The molecule has 0 saturated carbocycles. The predicted molar refractivity (Wildman–Crippen MR) is 63.6 cm³/mol. The molecule has 0 aliphatic rings. The molecule has 0 aliphatic heterocycles. The van der Waals surface area contributed by atoms with E-state index in [1.54, 1.807) is 19.2 Å². The van der Waals surface area contributed by atoms with E-state index in [0.29, 0.717) is 11.5 Å². The van der Waals surface area contributed by atoms with E-state index in [1.807, 2.05) is 0 Å². The molecule has 19 heavy (non-hydrogen) atoms. The number of aromatic nitrogens is 2. The average molecular weight is 261 g/mol. The highest BCUT2D eigenvalue weighted by Gasteiger charge is 2.14. The quantitative estimate of drug-likeness (QED) is 0.850. The van der Waals surface area contributed by atoms with Crippen LogP contribution in [0.3, 0.4) is 0 Å². The molecular weight excluding hydrogens is 250 g/mol. The molecule has 0 aromatic carbocycles. The van der Waals surface area contributed by atoms with E-state index in [-0.39, 0.29) is 17.9 Å². The third kappa shape index (κ3) is 3.15. The van der Waals surface area contributed by atoms with Gasteiger partial charge in [-0.25, -0.2) is 14.8 Å². The number of rotatable bonds is 4. The Hall–Kier alpha value is -2.70. The van der Waals surface area contributed by atoms with Crippen LogP contribution in [0.4, 0.5) is 0 Å². The molecule has 2 rings (SSSR count). The fraction of sp³-hybridized carbons (Fsp3) is 0.167. The summed E-state index contributed by atoms with van der Waals surface area (Å²) >= 11 is 0. The molecule has 0 spiro atoms. The van der Waals surface area contributed by atoms with Crippen LogP contribution in [-0.2, 0) is 6.54 Å². The van der Waals surface area contributed by atoms with E-state index in [2.05, 4.69) is 15.3 Å². The van der Waals surface area contributed by atoms with Crippen LogP contribution >= 0.6 is 0 Å². The first kappa shape index (κ1) is 12.7. The monoisotopic (exact) mass is 261 g/mol. The summed E-state index contributed by atoms with van der Waals surface area (Å²) < 4.78 is 4.87. The van der Waals surface area contributed by atoms with Crippen LogP contribution < -0.4 is 5.32 Å². The van der Waals surface area contributed by atoms with Gasteiger partial charge in [0.05, 0.1) is 17.8 Å². The molecule has 1 amide bonds. The van der Waals surface area contributed by atoms with Gasteiger partial charge in [-0.2, -0.15) is 0 Å². The van der Waals surface area contributed by atoms with Crippen molar-refractivity contribution in [1.29, 1.82) is 0 Å². The second kappa shape index (κ2) is 5.30. The zero-order valence-corrected chi connectivity index (χ0v) is 10.1. The molecule has 98 valence electrons. The normalized spacial score (nSPS) is 10.2. The SMILES string of the molecule is Cc1nccc(CNC(=O)c2cc(C(=O)O)co2)n1. The van der Waals surface area contributed by atoms with Crippen LogP contribution in [0.5, 0.6) is 0 Å². The molecule has 7 heteroatoms. The summed E-state index contributed by atoms with van der Waals surface area (Å²) in [5.41, 5.74) is 0.592. The zero-order valence-electron chi connectivity index (χ0n) is 10.1. The maximum absolute atomic E-state index is 11.7. The topological polar surface area (TPSA) is 105 Å². The molecule has 0 bridgehead atoms. The van der Waals surface area contributed by atoms with E-state index in [1.165, 1.54) is 6.07 Å². The third-order valence-electron chi connectivity index (χ3n) is 2.33. The second-order valence-electron chi connectivity index (χ2n) is 3.78. The van der Waals surface area contributed by atoms with Crippen molar-refractivity contribution in [2.75, 3.05) is 0 Å². The maximum atomic E-state index is 11.7. The Morgan fingerprint density at radius 3 is 2.89 bits per heavy atom. The Kier molecular flexibility index (Phi) is 3.56. The van der Waals surface area contributed by atoms with Gasteiger partial charge in [-0.3, -0.25) is 4.79 Å². The van der Waals surface area contributed by atoms with Crippen LogP contribution in [-0.4, -0.2) is 27.0 Å². The first-order valence-electron chi connectivity index (χ1n) is 5.45. The Balaban J connectivity index is 1.99. The molecule has 2 aromatic rings. The van der Waals surface area contributed by atoms with Crippen LogP contribution in [0, 0.1) is 6.92 Å². The van der Waals surface area contributed by atoms with Crippen LogP contribution in [0.15, 0.2) is 29.0 Å². The number of hydrogen-bond acceptors (Lipinski definition) is 5. The smallest absolute Gasteiger partial charge is 0.338 e. The number of carbonyl (C=O) groups excluding carboxylic acids is 1. The maximum Gasteiger partial charge on any atom is 0.338 e. The largest absolute Gasteiger partial charge is 0.478 e. The van der Waals surface area contributed by atoms with Crippen molar-refractivity contribution in [1.82, 2.24) is 15.3 Å². The lowest BCUT2D eigenvalue weighted by Crippen LogP contribution is -2.23. The number of carboxylic acids is 1. The number of aryl methyl sites for hydroxylation is 1. The van der Waals surface area contributed by atoms with Gasteiger partial charge in [-0.15, -0.1) is 0 Å². The second-order valence-corrected chi connectivity index (χ2v) is 3.78. The fourth-order valence-corrected chi connectivity index (χ4v) is 1.43. The molecule has 0 radical (unpaired) electrons. The average Bonchev–Trinajstić information content (AvgIpc) is 2.86. The summed E-state index contributed by atoms with van der Waals surface area (Å²) in [6.45, 7) is 1.96. The molecule has 0 aliphatic carbocycles. The summed E-state index contributed by atoms with van der Waals surface area (Å²) in [6.07, 6.45) is 2.62. The minimum atomic E-state index is -1.14. The molecule has 2 N–H and O–H groups in total. The van der Waals surface area contributed by atoms with Gasteiger partial charge < -0.3 is 14.8 Å². The van der Waals surface area contributed by atoms with Crippen molar-refractivity contribution < 1.29 is 19.1 Å². The summed E-state index contributed by atoms with van der Waals surface area (Å²) in [7, 11) is 0. The van der Waals surface area contributed by atoms with Crippen molar-refractivity contribution >= 4 is 11.9 Å². The van der Waals surface area contributed by atoms with E-state index >= 15 is 0 Å². The lowest BCUT2D eigenvalue weighted by Gasteiger charge is -2.02. The van der Waals surface area contributed by atoms with Gasteiger partial charge in [-0.1, -0.05) is 0 Å². The molecule has 0 saturated heterocycles. The zero-order chi connectivity index (χ0) is 13.8. The lowest BCUT2D eigenvalue weighted by atomic mass is 10.3. The van der Waals surface area contributed by atoms with Gasteiger partial charge in [-0.05, 0) is 13.0 Å². The number of aromatic carboxylic acids is 1. The summed E-state index contributed by atoms with van der Waals surface area (Å²) in [5, 5.41) is 11.3. The molecule has 0 fully saturated rings. The van der Waals surface area contributed by atoms with Crippen molar-refractivity contribution in [3.8, 4) is 0 Å². The third-order valence-corrected chi connectivity index (χ3v) is 2.33. The number of carbonyl (C=O) groups is 2. The standard InChI is InChI=1S/C12H11N3O4/c1-7-13-3-2-9(15-7)5-14-11(16)10-4-8(6-19-10)12(17)18/h2-4,6H,5H2,1H3,(H,14,16)(H,17,18). The lowest BCUT2D eigenvalue weighted by molar-refractivity contribution is 0.0696. The molecule has 0 unspecified atom stereocenters. The van der Waals surface area contributed by atoms with Gasteiger partial charge in [0.1, 0.15) is 12.1 Å². The van der Waals surface area contributed by atoms with Gasteiger partial charge in [0, 0.05) is 12.3 Å². The minimum Gasteiger partial charge on any atom is -0.478 e. The highest BCUT2D eigenvalue weighted by atomic mass is 16.4. The highest BCUT2D eigenvalue weighted by Crippen LogP contribution is 2.07. The van der Waals surface area contributed by atoms with Gasteiger partial charge in [0.2, 0.25) is 0 Å². The van der Waals surface area contributed by atoms with Crippen LogP contribution in [0.25, 0.3) is 0 Å². The van der Waals surface area contributed by atoms with Crippen LogP contribution in [0.1, 0.15) is 32.4 Å². The Morgan fingerprint density at radius 2 is 2.26 bits per heavy atom. The van der Waals surface area contributed by atoms with Gasteiger partial charge in [0.15, 0.2) is 5.76 Å². The number of nitrogens with zero attached hydrogens (tertiary/aromatic N) is 2. The molecule has 2 heterocycles. The highest BCUT2D eigenvalue weighted by molar-refractivity contribution is 5.95. The number of hydrogen-bond donors (Lipinski definition) is 2. The van der Waals surface area contributed by atoms with E-state index in [0.717, 1.165) is 6.26 Å². The summed E-state index contributed by atoms with van der Waals surface area (Å²) in [6, 6.07) is 2.85. The number of carboxylic acid groups (broad SMARTS) is 1. The van der Waals surface area contributed by atoms with E-state index in [4.69, 9.17) is 9.52 Å². The van der Waals surface area contributed by atoms with Crippen molar-refractivity contribution in [2.24, 2.45) is 0 Å². The molecule has 2 aromatic heterocycles. The van der Waals surface area contributed by atoms with Crippen molar-refractivity contribution in [2.45, 2.75) is 13.5 Å². The van der Waals surface area contributed by atoms with Crippen LogP contribution in [0.2, 0.25) is 0 Å².